The van der Waals surface area contributed by atoms with Gasteiger partial charge >= 0.3 is 12.0 Å². The topological polar surface area (TPSA) is 371 Å². The number of benzene rings is 3. The minimum absolute atomic E-state index is 0.0589. The van der Waals surface area contributed by atoms with Gasteiger partial charge in [0.1, 0.15) is 12.1 Å². The lowest BCUT2D eigenvalue weighted by Crippen LogP contribution is -2.54. The number of hydroxylamine groups is 2. The van der Waals surface area contributed by atoms with Crippen molar-refractivity contribution in [1.29, 1.82) is 0 Å². The third kappa shape index (κ3) is 17.7. The standard InChI is InChI=1S/C69H83N13O14S3/c1-43(2)61(78-58(83)18-7-6-10-29-81-59(84)25-26-60(81)85)65(88)76-56(16-12-28-71-67(70)91)64(87)74-47-21-19-45(20-22-47)39-95-42-96-80(31-34-98(92)93)30-33-94-32-27-69(4)41-99(69,5)40-48(99)38-82-44(3)52(37-73-82)49-23-24-53(75-62(49)66(89)90)46-35-51-50(13-11-15-54(51)72-36-46)63(86)79-68-77-55-14-8-9-17-57(55)97-68/h8-9,11,13-15,17,19-26,35-37,43,56,61H,6-7,10,12,16,18,27-34,38-42H2,1-5H3,(H,74,87)(H,76,88)(H,78,83)(H,89,90)(H,92,93)(H3,70,71,91)(H,77,79,86)/t56-,61?,69?/m0/s1. The number of fused-ring (bicyclic) bond motifs is 2. The summed E-state index contributed by atoms with van der Waals surface area (Å²) in [4.78, 5) is 124. The Labute approximate surface area is 578 Å². The molecule has 4 aromatic heterocycles. The van der Waals surface area contributed by atoms with Crippen molar-refractivity contribution in [3.63, 3.8) is 0 Å². The first-order chi connectivity index (χ1) is 47.4. The average Bonchev–Trinajstić information content (AvgIpc) is 1.44. The van der Waals surface area contributed by atoms with Crippen LogP contribution in [0.3, 0.4) is 0 Å². The van der Waals surface area contributed by atoms with E-state index in [9.17, 15) is 52.2 Å². The van der Waals surface area contributed by atoms with E-state index >= 15 is 0 Å². The first-order valence-electron chi connectivity index (χ1n) is 32.6. The van der Waals surface area contributed by atoms with Gasteiger partial charge in [-0.1, -0.05) is 68.9 Å². The van der Waals surface area contributed by atoms with E-state index in [0.717, 1.165) is 44.3 Å². The SMILES string of the molecule is Cc1c(-c2ccc(-c3cnc4cccc(C(=O)Nc5nc6ccccc6s5)c4c3)nc2C(=O)O)cnn1CC1=S2(C)(C1)CC2(C)CCOCCN(CCS(=O)O)OCOCc1ccc(NC(=O)[C@H](CCCNC(N)=O)NC(=O)C(NC(=O)CCCCCN2C(=O)C=CC2=O)C(C)C)cc1. The number of imide groups is 1. The Hall–Kier alpha value is -9.01. The number of nitrogens with one attached hydrogen (secondary N) is 5. The van der Waals surface area contributed by atoms with Gasteiger partial charge in [0.25, 0.3) is 17.7 Å². The number of urea groups is 1. The van der Waals surface area contributed by atoms with E-state index in [0.29, 0.717) is 102 Å². The number of nitrogens with two attached hydrogens (primary N) is 1. The van der Waals surface area contributed by atoms with Crippen molar-refractivity contribution in [3.05, 3.63) is 132 Å². The summed E-state index contributed by atoms with van der Waals surface area (Å²) >= 11 is -0.691. The lowest BCUT2D eigenvalue weighted by molar-refractivity contribution is -0.229. The van der Waals surface area contributed by atoms with E-state index in [2.05, 4.69) is 54.7 Å². The molecule has 3 aliphatic rings. The summed E-state index contributed by atoms with van der Waals surface area (Å²) in [6.07, 6.45) is 11.1. The van der Waals surface area contributed by atoms with Crippen LogP contribution in [0.5, 0.6) is 0 Å². The molecule has 8 amide bonds. The summed E-state index contributed by atoms with van der Waals surface area (Å²) in [6.45, 7) is 10.00. The van der Waals surface area contributed by atoms with Crippen LogP contribution in [0.15, 0.2) is 109 Å². The fourth-order valence-electron chi connectivity index (χ4n) is 12.5. The van der Waals surface area contributed by atoms with Gasteiger partial charge < -0.3 is 46.1 Å². The maximum atomic E-state index is 13.7. The molecule has 3 aliphatic heterocycles. The molecule has 27 nitrogen and oxygen atoms in total. The predicted octanol–water partition coefficient (Wildman–Crippen LogP) is 7.49. The van der Waals surface area contributed by atoms with Crippen LogP contribution in [0, 0.1) is 12.8 Å². The summed E-state index contributed by atoms with van der Waals surface area (Å²) in [5.41, 5.74) is 10.9. The normalized spacial score (nSPS) is 17.2. The molecule has 30 heteroatoms. The minimum atomic E-state index is -2.07. The van der Waals surface area contributed by atoms with Crippen molar-refractivity contribution in [1.82, 2.24) is 50.6 Å². The van der Waals surface area contributed by atoms with Crippen molar-refractivity contribution in [3.8, 4) is 22.4 Å². The molecule has 7 aromatic rings. The number of primary amides is 1. The molecule has 3 aromatic carbocycles. The van der Waals surface area contributed by atoms with Crippen molar-refractivity contribution >= 4 is 115 Å². The average molecular weight is 1410 g/mol. The quantitative estimate of drug-likeness (QED) is 0.00355. The Morgan fingerprint density at radius 2 is 1.63 bits per heavy atom. The Morgan fingerprint density at radius 1 is 0.859 bits per heavy atom. The van der Waals surface area contributed by atoms with Gasteiger partial charge in [0.05, 0.1) is 53.1 Å². The Morgan fingerprint density at radius 3 is 2.36 bits per heavy atom. The Balaban J connectivity index is 0.669. The van der Waals surface area contributed by atoms with E-state index in [-0.39, 0.29) is 91.6 Å². The number of unbranched alkanes of at least 4 members (excludes halogenated alkanes) is 2. The molecule has 0 aliphatic carbocycles. The van der Waals surface area contributed by atoms with E-state index in [1.165, 1.54) is 33.4 Å². The first kappa shape index (κ1) is 72.7. The van der Waals surface area contributed by atoms with Crippen molar-refractivity contribution in [2.24, 2.45) is 11.7 Å². The van der Waals surface area contributed by atoms with Crippen LogP contribution in [0.1, 0.15) is 97.8 Å². The third-order valence-corrected chi connectivity index (χ3v) is 27.1. The molecule has 1 spiro atoms. The number of hydrogen-bond donors (Lipinski definition) is 8. The number of nitrogens with zero attached hydrogens (tertiary/aromatic N) is 7. The molecule has 9 N–H and O–H groups in total. The van der Waals surface area contributed by atoms with Gasteiger partial charge in [-0.3, -0.25) is 53.5 Å². The van der Waals surface area contributed by atoms with E-state index < -0.39 is 55.7 Å². The molecule has 1 saturated heterocycles. The van der Waals surface area contributed by atoms with Gasteiger partial charge in [-0.15, -0.1) is 0 Å². The second-order valence-corrected chi connectivity index (χ2v) is 33.7. The lowest BCUT2D eigenvalue weighted by Gasteiger charge is -2.25. The van der Waals surface area contributed by atoms with Crippen molar-refractivity contribution < 1.29 is 66.5 Å². The number of para-hydroxylation sites is 1. The zero-order chi connectivity index (χ0) is 70.6. The Bertz CT molecular complexity index is 4310. The number of pyridine rings is 2. The van der Waals surface area contributed by atoms with Crippen LogP contribution in [-0.4, -0.2) is 187 Å². The van der Waals surface area contributed by atoms with E-state index in [4.69, 9.17) is 25.1 Å². The summed E-state index contributed by atoms with van der Waals surface area (Å²) in [5.74, 6) is -2.04. The molecule has 99 heavy (non-hydrogen) atoms. The molecule has 3 unspecified atom stereocenters. The van der Waals surface area contributed by atoms with Crippen molar-refractivity contribution in [2.75, 3.05) is 80.3 Å². The number of rotatable bonds is 37. The first-order valence-corrected chi connectivity index (χ1v) is 37.5. The number of aromatic carboxylic acids is 1. The zero-order valence-electron chi connectivity index (χ0n) is 55.8. The number of anilines is 2. The fourth-order valence-corrected chi connectivity index (χ4v) is 20.4. The van der Waals surface area contributed by atoms with Crippen LogP contribution in [0.4, 0.5) is 15.6 Å². The summed E-state index contributed by atoms with van der Waals surface area (Å²) in [6, 6.07) is 22.3. The highest BCUT2D eigenvalue weighted by Gasteiger charge is 2.71. The van der Waals surface area contributed by atoms with Crippen LogP contribution >= 0.6 is 20.1 Å². The van der Waals surface area contributed by atoms with Crippen LogP contribution < -0.4 is 32.3 Å². The molecule has 0 saturated carbocycles. The molecule has 526 valence electrons. The Kier molecular flexibility index (Phi) is 23.4. The number of amides is 8. The van der Waals surface area contributed by atoms with Crippen LogP contribution in [0.2, 0.25) is 0 Å². The number of carbonyl (C=O) groups excluding carboxylic acids is 7. The summed E-state index contributed by atoms with van der Waals surface area (Å²) in [5, 5.41) is 31.7. The number of hydrogen-bond acceptors (Lipinski definition) is 18. The molecular formula is C69H83N13O14S3. The van der Waals surface area contributed by atoms with Crippen LogP contribution in [0.25, 0.3) is 43.5 Å². The number of ether oxygens (including phenoxy) is 2. The fraction of sp³-hybridized carbons (Fsp3) is 0.406. The number of thiazole rings is 1. The molecule has 4 atom stereocenters. The second kappa shape index (κ2) is 31.9. The molecule has 0 bridgehead atoms. The molecule has 10 rings (SSSR count). The van der Waals surface area contributed by atoms with Crippen LogP contribution in [-0.2, 0) is 62.5 Å². The highest BCUT2D eigenvalue weighted by atomic mass is 32.3. The smallest absolute Gasteiger partial charge is 0.355 e. The minimum Gasteiger partial charge on any atom is -0.476 e. The van der Waals surface area contributed by atoms with Gasteiger partial charge in [0.2, 0.25) is 17.7 Å². The summed E-state index contributed by atoms with van der Waals surface area (Å²) in [7, 11) is -1.85. The van der Waals surface area contributed by atoms with Gasteiger partial charge in [0, 0.05) is 107 Å². The lowest BCUT2D eigenvalue weighted by atomic mass is 10.0. The highest BCUT2D eigenvalue weighted by Crippen LogP contribution is 2.91. The van der Waals surface area contributed by atoms with E-state index in [1.54, 1.807) is 86.9 Å². The predicted molar refractivity (Wildman–Crippen MR) is 380 cm³/mol. The number of carbonyl (C=O) groups is 8. The van der Waals surface area contributed by atoms with Gasteiger partial charge in [0.15, 0.2) is 28.7 Å². The largest absolute Gasteiger partial charge is 0.476 e. The third-order valence-electron chi connectivity index (χ3n) is 18.6. The van der Waals surface area contributed by atoms with Gasteiger partial charge in [-0.05, 0) is 122 Å². The molecule has 1 fully saturated rings. The number of carboxylic acid groups (broad SMARTS) is 1. The molecule has 7 heterocycles. The van der Waals surface area contributed by atoms with Crippen molar-refractivity contribution in [2.45, 2.75) is 103 Å². The summed E-state index contributed by atoms with van der Waals surface area (Å²) < 4.78 is 36.3. The van der Waals surface area contributed by atoms with Gasteiger partial charge in [-0.2, -0.15) is 10.2 Å². The zero-order valence-corrected chi connectivity index (χ0v) is 58.2. The van der Waals surface area contributed by atoms with E-state index in [1.807, 2.05) is 35.9 Å². The second-order valence-electron chi connectivity index (χ2n) is 25.7. The maximum absolute atomic E-state index is 13.7. The van der Waals surface area contributed by atoms with Gasteiger partial charge in [-0.25, -0.2) is 32.5 Å². The number of carboxylic acids is 1. The molecular weight excluding hydrogens is 1330 g/mol. The number of aromatic nitrogens is 5. The highest BCUT2D eigenvalue weighted by molar-refractivity contribution is 8.60. The monoisotopic (exact) mass is 1410 g/mol. The maximum Gasteiger partial charge on any atom is 0.355 e. The molecule has 0 radical (unpaired) electrons.